The molecule has 29 heavy (non-hydrogen) atoms. The second kappa shape index (κ2) is 9.18. The van der Waals surface area contributed by atoms with E-state index in [-0.39, 0.29) is 0 Å². The van der Waals surface area contributed by atoms with Gasteiger partial charge in [-0.3, -0.25) is 10.1 Å². The molecule has 2 rings (SSSR count). The molecule has 0 aromatic heterocycles. The largest absolute Gasteiger partial charge is 0.465 e. The Morgan fingerprint density at radius 2 is 1.59 bits per heavy atom. The molecule has 0 saturated heterocycles. The van der Waals surface area contributed by atoms with E-state index >= 15 is 0 Å². The number of rotatable bonds is 6. The minimum atomic E-state index is -1.26. The Balaban J connectivity index is 2.45. The molecule has 0 radical (unpaired) electrons. The first kappa shape index (κ1) is 21.9. The molecule has 2 aromatic carbocycles. The fourth-order valence-corrected chi connectivity index (χ4v) is 2.81. The highest BCUT2D eigenvalue weighted by molar-refractivity contribution is 5.89. The predicted molar refractivity (Wildman–Crippen MR) is 106 cm³/mol. The topological polar surface area (TPSA) is 108 Å². The Kier molecular flexibility index (Phi) is 6.93. The van der Waals surface area contributed by atoms with E-state index in [1.54, 1.807) is 63.2 Å². The lowest BCUT2D eigenvalue weighted by Gasteiger charge is -2.26. The van der Waals surface area contributed by atoms with Crippen molar-refractivity contribution in [2.24, 2.45) is 0 Å². The maximum Gasteiger partial charge on any atom is 0.408 e. The number of alkyl carbamates (subject to hydrolysis) is 1. The van der Waals surface area contributed by atoms with E-state index in [2.05, 4.69) is 10.1 Å². The fraction of sp³-hybridized carbons (Fsp3) is 0.333. The quantitative estimate of drug-likeness (QED) is 0.445. The van der Waals surface area contributed by atoms with Crippen molar-refractivity contribution < 1.29 is 24.0 Å². The maximum absolute atomic E-state index is 12.4. The molecule has 1 amide bonds. The average molecular weight is 400 g/mol. The van der Waals surface area contributed by atoms with Crippen LogP contribution in [0.1, 0.15) is 54.3 Å². The highest BCUT2D eigenvalue weighted by atomic mass is 16.6. The number of methoxy groups -OCH3 is 1. The average Bonchev–Trinajstić information content (AvgIpc) is 2.66. The van der Waals surface area contributed by atoms with Gasteiger partial charge in [-0.2, -0.15) is 0 Å². The number of esters is 1. The van der Waals surface area contributed by atoms with Gasteiger partial charge in [-0.15, -0.1) is 0 Å². The van der Waals surface area contributed by atoms with Crippen molar-refractivity contribution >= 4 is 12.1 Å². The summed E-state index contributed by atoms with van der Waals surface area (Å²) in [4.78, 5) is 35.6. The van der Waals surface area contributed by atoms with Crippen LogP contribution in [0.3, 0.4) is 0 Å². The fourth-order valence-electron chi connectivity index (χ4n) is 2.81. The zero-order valence-corrected chi connectivity index (χ0v) is 16.7. The van der Waals surface area contributed by atoms with Crippen LogP contribution in [0.5, 0.6) is 0 Å². The number of hydrogen-bond donors (Lipinski definition) is 1. The van der Waals surface area contributed by atoms with E-state index in [0.29, 0.717) is 16.7 Å². The summed E-state index contributed by atoms with van der Waals surface area (Å²) in [5.41, 5.74) is 0.412. The third-order valence-corrected chi connectivity index (χ3v) is 4.05. The molecule has 8 nitrogen and oxygen atoms in total. The van der Waals surface area contributed by atoms with E-state index in [0.717, 1.165) is 0 Å². The van der Waals surface area contributed by atoms with Gasteiger partial charge in [-0.1, -0.05) is 42.5 Å². The number of nitro groups is 1. The van der Waals surface area contributed by atoms with Crippen LogP contribution in [-0.2, 0) is 9.47 Å². The van der Waals surface area contributed by atoms with Gasteiger partial charge in [0.2, 0.25) is 0 Å². The number of amides is 1. The van der Waals surface area contributed by atoms with Gasteiger partial charge in [-0.05, 0) is 38.5 Å². The van der Waals surface area contributed by atoms with Crippen molar-refractivity contribution in [3.05, 3.63) is 81.4 Å². The molecule has 0 aliphatic carbocycles. The van der Waals surface area contributed by atoms with Crippen molar-refractivity contribution in [2.45, 2.75) is 38.5 Å². The molecule has 0 heterocycles. The van der Waals surface area contributed by atoms with Crippen LogP contribution in [-0.4, -0.2) is 29.7 Å². The van der Waals surface area contributed by atoms with Crippen LogP contribution >= 0.6 is 0 Å². The highest BCUT2D eigenvalue weighted by Crippen LogP contribution is 2.32. The van der Waals surface area contributed by atoms with E-state index in [9.17, 15) is 19.7 Å². The van der Waals surface area contributed by atoms with Gasteiger partial charge < -0.3 is 14.8 Å². The molecule has 1 N–H and O–H groups in total. The molecule has 0 aliphatic heterocycles. The van der Waals surface area contributed by atoms with Crippen molar-refractivity contribution in [2.75, 3.05) is 7.11 Å². The van der Waals surface area contributed by atoms with Crippen molar-refractivity contribution in [1.29, 1.82) is 0 Å². The molecule has 0 bridgehead atoms. The molecule has 2 atom stereocenters. The van der Waals surface area contributed by atoms with Crippen LogP contribution in [0.15, 0.2) is 54.6 Å². The van der Waals surface area contributed by atoms with Crippen LogP contribution in [0, 0.1) is 10.1 Å². The summed E-state index contributed by atoms with van der Waals surface area (Å²) in [7, 11) is 1.27. The van der Waals surface area contributed by atoms with Gasteiger partial charge in [0.1, 0.15) is 11.6 Å². The number of carbonyl (C=O) groups is 2. The third kappa shape index (κ3) is 6.03. The standard InChI is InChI=1S/C21H24N2O6/c1-21(2,3)29-20(25)22-17(14-10-12-16(13-11-14)19(24)28-4)18(23(26)27)15-8-6-5-7-9-15/h5-13,17-18H,1-4H3,(H,22,25)/t17-,18+/m1/s1. The normalized spacial score (nSPS) is 13.1. The molecule has 8 heteroatoms. The second-order valence-corrected chi connectivity index (χ2v) is 7.38. The Morgan fingerprint density at radius 1 is 1.00 bits per heavy atom. The van der Waals surface area contributed by atoms with Gasteiger partial charge >= 0.3 is 12.1 Å². The van der Waals surface area contributed by atoms with E-state index in [1.807, 2.05) is 0 Å². The van der Waals surface area contributed by atoms with Crippen LogP contribution in [0.2, 0.25) is 0 Å². The summed E-state index contributed by atoms with van der Waals surface area (Å²) in [5, 5.41) is 14.6. The Morgan fingerprint density at radius 3 is 2.07 bits per heavy atom. The third-order valence-electron chi connectivity index (χ3n) is 4.05. The SMILES string of the molecule is COC(=O)c1ccc([C@@H](NC(=O)OC(C)(C)C)[C@H](c2ccccc2)[N+](=O)[O-])cc1. The first-order chi connectivity index (χ1) is 13.6. The van der Waals surface area contributed by atoms with Gasteiger partial charge in [-0.25, -0.2) is 9.59 Å². The lowest BCUT2D eigenvalue weighted by atomic mass is 9.93. The van der Waals surface area contributed by atoms with E-state index in [4.69, 9.17) is 4.74 Å². The van der Waals surface area contributed by atoms with Gasteiger partial charge in [0.25, 0.3) is 6.04 Å². The molecule has 0 fully saturated rings. The molecule has 2 aromatic rings. The number of nitrogens with zero attached hydrogens (tertiary/aromatic N) is 1. The monoisotopic (exact) mass is 400 g/mol. The lowest BCUT2D eigenvalue weighted by molar-refractivity contribution is -0.534. The first-order valence-electron chi connectivity index (χ1n) is 8.98. The minimum Gasteiger partial charge on any atom is -0.465 e. The molecule has 154 valence electrons. The summed E-state index contributed by atoms with van der Waals surface area (Å²) < 4.78 is 9.96. The molecule has 0 spiro atoms. The number of ether oxygens (including phenoxy) is 2. The number of nitrogens with one attached hydrogen (secondary N) is 1. The summed E-state index contributed by atoms with van der Waals surface area (Å²) in [5.74, 6) is -0.526. The maximum atomic E-state index is 12.4. The molecular formula is C21H24N2O6. The molecule has 0 aliphatic rings. The zero-order valence-electron chi connectivity index (χ0n) is 16.7. The zero-order chi connectivity index (χ0) is 21.6. The van der Waals surface area contributed by atoms with E-state index in [1.165, 1.54) is 19.2 Å². The Labute approximate surface area is 169 Å². The van der Waals surface area contributed by atoms with Gasteiger partial charge in [0.15, 0.2) is 0 Å². The lowest BCUT2D eigenvalue weighted by Crippen LogP contribution is -2.39. The molecular weight excluding hydrogens is 376 g/mol. The Hall–Kier alpha value is -3.42. The van der Waals surface area contributed by atoms with Gasteiger partial charge in [0, 0.05) is 10.5 Å². The van der Waals surface area contributed by atoms with Crippen LogP contribution < -0.4 is 5.32 Å². The summed E-state index contributed by atoms with van der Waals surface area (Å²) >= 11 is 0. The number of hydrogen-bond acceptors (Lipinski definition) is 6. The highest BCUT2D eigenvalue weighted by Gasteiger charge is 2.36. The van der Waals surface area contributed by atoms with Crippen molar-refractivity contribution in [3.63, 3.8) is 0 Å². The second-order valence-electron chi connectivity index (χ2n) is 7.38. The molecule has 0 saturated carbocycles. The van der Waals surface area contributed by atoms with Crippen LogP contribution in [0.25, 0.3) is 0 Å². The summed E-state index contributed by atoms with van der Waals surface area (Å²) in [6.45, 7) is 5.11. The smallest absolute Gasteiger partial charge is 0.408 e. The van der Waals surface area contributed by atoms with Crippen molar-refractivity contribution in [3.8, 4) is 0 Å². The van der Waals surface area contributed by atoms with Crippen molar-refractivity contribution in [1.82, 2.24) is 5.32 Å². The summed E-state index contributed by atoms with van der Waals surface area (Å²) in [6.07, 6.45) is -0.776. The van der Waals surface area contributed by atoms with E-state index < -0.39 is 34.7 Å². The first-order valence-corrected chi connectivity index (χ1v) is 8.98. The number of benzene rings is 2. The molecule has 0 unspecified atom stereocenters. The Bertz CT molecular complexity index is 859. The van der Waals surface area contributed by atoms with Crippen LogP contribution in [0.4, 0.5) is 4.79 Å². The summed E-state index contributed by atoms with van der Waals surface area (Å²) in [6, 6.07) is 12.2. The number of carbonyl (C=O) groups excluding carboxylic acids is 2. The predicted octanol–water partition coefficient (Wildman–Crippen LogP) is 4.06. The minimum absolute atomic E-state index is 0.296. The van der Waals surface area contributed by atoms with Gasteiger partial charge in [0.05, 0.1) is 12.7 Å².